The number of carbonyl (C=O) groups is 4. The zero-order chi connectivity index (χ0) is 40.2. The van der Waals surface area contributed by atoms with Gasteiger partial charge >= 0.3 is 6.18 Å². The minimum atomic E-state index is -5.10. The van der Waals surface area contributed by atoms with Crippen LogP contribution in [0.15, 0.2) is 40.9 Å². The predicted molar refractivity (Wildman–Crippen MR) is 187 cm³/mol. The molecule has 20 heteroatoms. The van der Waals surface area contributed by atoms with Crippen molar-refractivity contribution >= 4 is 44.7 Å². The molecule has 4 heterocycles. The average molecular weight is 806 g/mol. The van der Waals surface area contributed by atoms with Gasteiger partial charge in [-0.2, -0.15) is 13.2 Å². The first-order valence-electron chi connectivity index (χ1n) is 18.2. The van der Waals surface area contributed by atoms with Crippen molar-refractivity contribution < 1.29 is 54.4 Å². The maximum Gasteiger partial charge on any atom is 0.438 e. The first kappa shape index (κ1) is 39.1. The fraction of sp³-hybridized carbons (Fsp3) is 0.528. The Hall–Kier alpha value is -5.14. The summed E-state index contributed by atoms with van der Waals surface area (Å²) < 4.78 is 95.4. The molecule has 2 aromatic heterocycles. The number of sulfonamides is 1. The molecule has 0 spiro atoms. The van der Waals surface area contributed by atoms with Gasteiger partial charge in [0.2, 0.25) is 33.4 Å². The van der Waals surface area contributed by atoms with Crippen LogP contribution in [0, 0.1) is 18.7 Å². The smallest absolute Gasteiger partial charge is 0.438 e. The third kappa shape index (κ3) is 7.66. The van der Waals surface area contributed by atoms with Gasteiger partial charge in [0.15, 0.2) is 11.5 Å². The summed E-state index contributed by atoms with van der Waals surface area (Å²) in [4.78, 5) is 64.2. The van der Waals surface area contributed by atoms with Gasteiger partial charge < -0.3 is 24.8 Å². The number of halogens is 4. The highest BCUT2D eigenvalue weighted by molar-refractivity contribution is 7.91. The Morgan fingerprint density at radius 1 is 1.12 bits per heavy atom. The number of nitrogens with zero attached hydrogens (tertiary/aromatic N) is 4. The maximum atomic E-state index is 14.7. The number of allylic oxidation sites excluding steroid dienone is 1. The van der Waals surface area contributed by atoms with Gasteiger partial charge in [-0.3, -0.25) is 23.9 Å². The molecule has 2 aliphatic heterocycles. The van der Waals surface area contributed by atoms with E-state index in [0.29, 0.717) is 44.3 Å². The highest BCUT2D eigenvalue weighted by atomic mass is 32.2. The number of hydrogen-bond donors (Lipinski definition) is 3. The molecule has 3 aromatic rings. The van der Waals surface area contributed by atoms with Crippen LogP contribution in [0.2, 0.25) is 0 Å². The Morgan fingerprint density at radius 3 is 2.59 bits per heavy atom. The van der Waals surface area contributed by atoms with Crippen molar-refractivity contribution in [3.8, 4) is 5.88 Å². The summed E-state index contributed by atoms with van der Waals surface area (Å²) in [6, 6.07) is 1.94. The van der Waals surface area contributed by atoms with E-state index in [1.54, 1.807) is 13.0 Å². The molecular weight excluding hydrogens is 766 g/mol. The van der Waals surface area contributed by atoms with Crippen LogP contribution in [-0.2, 0) is 30.6 Å². The Kier molecular flexibility index (Phi) is 10.1. The van der Waals surface area contributed by atoms with Gasteiger partial charge in [-0.25, -0.2) is 22.8 Å². The lowest BCUT2D eigenvalue weighted by atomic mass is 10.0. The van der Waals surface area contributed by atoms with Gasteiger partial charge in [-0.15, -0.1) is 0 Å². The van der Waals surface area contributed by atoms with Crippen LogP contribution in [0.1, 0.15) is 86.7 Å². The number of amides is 4. The monoisotopic (exact) mass is 805 g/mol. The highest BCUT2D eigenvalue weighted by Gasteiger charge is 2.63. The molecule has 4 amide bonds. The molecule has 1 saturated heterocycles. The third-order valence-electron chi connectivity index (χ3n) is 10.8. The van der Waals surface area contributed by atoms with Crippen molar-refractivity contribution in [1.29, 1.82) is 0 Å². The van der Waals surface area contributed by atoms with Gasteiger partial charge in [0.05, 0.1) is 16.8 Å². The molecule has 3 fully saturated rings. The van der Waals surface area contributed by atoms with E-state index in [1.807, 2.05) is 6.08 Å². The number of nitrogens with one attached hydrogen (secondary N) is 3. The van der Waals surface area contributed by atoms with E-state index in [-0.39, 0.29) is 24.1 Å². The van der Waals surface area contributed by atoms with Crippen LogP contribution >= 0.6 is 0 Å². The van der Waals surface area contributed by atoms with E-state index in [1.165, 1.54) is 19.1 Å². The van der Waals surface area contributed by atoms with E-state index in [4.69, 9.17) is 9.26 Å². The second-order valence-corrected chi connectivity index (χ2v) is 17.2. The first-order valence-corrected chi connectivity index (χ1v) is 19.7. The fourth-order valence-electron chi connectivity index (χ4n) is 7.10. The normalized spacial score (nSPS) is 26.6. The molecule has 5 unspecified atom stereocenters. The number of fused-ring (bicyclic) bond motifs is 3. The Labute approximate surface area is 318 Å². The number of rotatable bonds is 7. The topological polar surface area (TPSA) is 203 Å². The van der Waals surface area contributed by atoms with Crippen molar-refractivity contribution in [2.75, 3.05) is 6.54 Å². The summed E-state index contributed by atoms with van der Waals surface area (Å²) in [5.41, 5.74) is -4.27. The molecule has 7 rings (SSSR count). The van der Waals surface area contributed by atoms with E-state index in [9.17, 15) is 45.2 Å². The standard InChI is InChI=1S/C36H39F4N7O8S/c1-19-15-25(45-55-19)29(48)42-24-11-7-5-3-4-6-9-20-17-35(20,33(51)46-56(52,53)34(2)13-14-34)44-30(49)26-16-21(18-47(26)32(24)50)54-31-28(36(38,39)40)41-23-12-8-10-22(37)27(23)43-31/h6,8-10,12,15,20-21,24,26H,3-5,7,11,13-14,16-18H2,1-2H3,(H,42,48)(H,44,49)(H,46,51). The quantitative estimate of drug-likeness (QED) is 0.233. The summed E-state index contributed by atoms with van der Waals surface area (Å²) >= 11 is 0. The van der Waals surface area contributed by atoms with Gasteiger partial charge in [-0.1, -0.05) is 36.2 Å². The SMILES string of the molecule is Cc1cc(C(=O)NC2CCCCCC=CC3CC3(C(=O)NS(=O)(=O)C3(C)CC3)NC(=O)C3CC(Oc4nc5c(F)cccc5nc4C(F)(F)F)CN3C2=O)no1. The number of para-hydroxylation sites is 1. The minimum Gasteiger partial charge on any atom is -0.471 e. The number of hydrogen-bond acceptors (Lipinski definition) is 11. The second kappa shape index (κ2) is 14.4. The lowest BCUT2D eigenvalue weighted by Gasteiger charge is -2.30. The van der Waals surface area contributed by atoms with Crippen LogP contribution in [-0.4, -0.2) is 87.1 Å². The third-order valence-corrected chi connectivity index (χ3v) is 13.0. The zero-order valence-electron chi connectivity index (χ0n) is 30.3. The number of benzene rings is 1. The molecule has 0 radical (unpaired) electrons. The Bertz CT molecular complexity index is 2230. The number of alkyl halides is 3. The maximum absolute atomic E-state index is 14.7. The van der Waals surface area contributed by atoms with Crippen molar-refractivity contribution in [3.05, 3.63) is 59.4 Å². The number of carbonyl (C=O) groups excluding carboxylic acids is 4. The largest absolute Gasteiger partial charge is 0.471 e. The van der Waals surface area contributed by atoms with Crippen molar-refractivity contribution in [1.82, 2.24) is 35.4 Å². The van der Waals surface area contributed by atoms with Crippen LogP contribution in [0.25, 0.3) is 11.0 Å². The summed E-state index contributed by atoms with van der Waals surface area (Å²) in [7, 11) is -4.12. The molecule has 56 heavy (non-hydrogen) atoms. The summed E-state index contributed by atoms with van der Waals surface area (Å²) in [6.45, 7) is 2.58. The molecule has 3 N–H and O–H groups in total. The molecular formula is C36H39F4N7O8S. The van der Waals surface area contributed by atoms with E-state index < -0.39 is 110 Å². The summed E-state index contributed by atoms with van der Waals surface area (Å²) in [6.07, 6.45) is -0.166. The van der Waals surface area contributed by atoms with E-state index >= 15 is 0 Å². The Morgan fingerprint density at radius 2 is 1.89 bits per heavy atom. The van der Waals surface area contributed by atoms with Crippen molar-refractivity contribution in [2.45, 2.75) is 106 Å². The lowest BCUT2D eigenvalue weighted by Crippen LogP contribution is -2.58. The molecule has 300 valence electrons. The van der Waals surface area contributed by atoms with Crippen LogP contribution in [0.4, 0.5) is 17.6 Å². The van der Waals surface area contributed by atoms with Crippen LogP contribution < -0.4 is 20.1 Å². The van der Waals surface area contributed by atoms with Gasteiger partial charge in [0, 0.05) is 18.4 Å². The average Bonchev–Trinajstić information content (AvgIpc) is 3.93. The highest BCUT2D eigenvalue weighted by Crippen LogP contribution is 2.47. The number of aromatic nitrogens is 3. The van der Waals surface area contributed by atoms with E-state index in [0.717, 1.165) is 17.0 Å². The lowest BCUT2D eigenvalue weighted by molar-refractivity contribution is -0.143. The van der Waals surface area contributed by atoms with Gasteiger partial charge in [-0.05, 0) is 64.5 Å². The van der Waals surface area contributed by atoms with Gasteiger partial charge in [0.25, 0.3) is 11.8 Å². The summed E-state index contributed by atoms with van der Waals surface area (Å²) in [5, 5.41) is 9.02. The zero-order valence-corrected chi connectivity index (χ0v) is 31.1. The van der Waals surface area contributed by atoms with E-state index in [2.05, 4.69) is 30.5 Å². The second-order valence-electron chi connectivity index (χ2n) is 15.0. The number of aryl methyl sites for hydroxylation is 1. The van der Waals surface area contributed by atoms with Crippen LogP contribution in [0.5, 0.6) is 5.88 Å². The van der Waals surface area contributed by atoms with Gasteiger partial charge in [0.1, 0.15) is 35.0 Å². The number of ether oxygens (including phenoxy) is 1. The molecule has 5 atom stereocenters. The molecule has 15 nitrogen and oxygen atoms in total. The van der Waals surface area contributed by atoms with Crippen molar-refractivity contribution in [2.24, 2.45) is 5.92 Å². The Balaban J connectivity index is 1.23. The minimum absolute atomic E-state index is 0.0386. The fourth-order valence-corrected chi connectivity index (χ4v) is 8.42. The molecule has 2 saturated carbocycles. The predicted octanol–water partition coefficient (Wildman–Crippen LogP) is 3.62. The molecule has 1 aromatic carbocycles. The van der Waals surface area contributed by atoms with Crippen molar-refractivity contribution in [3.63, 3.8) is 0 Å². The molecule has 0 bridgehead atoms. The molecule has 4 aliphatic rings. The summed E-state index contributed by atoms with van der Waals surface area (Å²) in [5.74, 6) is -5.72. The molecule has 2 aliphatic carbocycles. The first-order chi connectivity index (χ1) is 26.4. The van der Waals surface area contributed by atoms with Crippen LogP contribution in [0.3, 0.4) is 0 Å².